The Morgan fingerprint density at radius 3 is 2.47 bits per heavy atom. The lowest BCUT2D eigenvalue weighted by Crippen LogP contribution is -2.17. The molecule has 3 rings (SSSR count). The minimum Gasteiger partial charge on any atom is -0.497 e. The van der Waals surface area contributed by atoms with Gasteiger partial charge in [-0.1, -0.05) is 19.1 Å². The van der Waals surface area contributed by atoms with Gasteiger partial charge in [-0.05, 0) is 43.3 Å². The number of ether oxygens (including phenoxy) is 1. The van der Waals surface area contributed by atoms with Gasteiger partial charge in [0.25, 0.3) is 11.8 Å². The van der Waals surface area contributed by atoms with Crippen LogP contribution in [0.3, 0.4) is 0 Å². The van der Waals surface area contributed by atoms with Gasteiger partial charge in [-0.15, -0.1) is 0 Å². The lowest BCUT2D eigenvalue weighted by atomic mass is 10.0. The molecule has 0 saturated heterocycles. The monoisotopic (exact) mass is 413 g/mol. The lowest BCUT2D eigenvalue weighted by Gasteiger charge is -2.15. The van der Waals surface area contributed by atoms with Crippen molar-refractivity contribution >= 4 is 17.4 Å². The number of benzene rings is 2. The molecule has 1 amide bonds. The fourth-order valence-electron chi connectivity index (χ4n) is 3.03. The van der Waals surface area contributed by atoms with Crippen molar-refractivity contribution in [2.24, 2.45) is 0 Å². The molecule has 156 valence electrons. The largest absolute Gasteiger partial charge is 0.497 e. The van der Waals surface area contributed by atoms with E-state index in [1.165, 1.54) is 38.1 Å². The van der Waals surface area contributed by atoms with Gasteiger partial charge in [0.2, 0.25) is 0 Å². The molecule has 8 heteroatoms. The summed E-state index contributed by atoms with van der Waals surface area (Å²) in [5.41, 5.74) is 1.04. The maximum absolute atomic E-state index is 14.0. The second kappa shape index (κ2) is 8.44. The third-order valence-electron chi connectivity index (χ3n) is 4.70. The van der Waals surface area contributed by atoms with Crippen LogP contribution in [-0.2, 0) is 5.92 Å². The summed E-state index contributed by atoms with van der Waals surface area (Å²) in [6.07, 6.45) is -0.358. The number of aromatic amines is 1. The molecule has 2 N–H and O–H groups in total. The van der Waals surface area contributed by atoms with E-state index in [-0.39, 0.29) is 34.7 Å². The smallest absolute Gasteiger partial charge is 0.276 e. The predicted octanol–water partition coefficient (Wildman–Crippen LogP) is 5.04. The van der Waals surface area contributed by atoms with Gasteiger partial charge >= 0.3 is 0 Å². The van der Waals surface area contributed by atoms with Crippen molar-refractivity contribution in [3.05, 3.63) is 65.4 Å². The van der Waals surface area contributed by atoms with Gasteiger partial charge in [0.15, 0.2) is 11.5 Å². The van der Waals surface area contributed by atoms with Crippen molar-refractivity contribution in [1.82, 2.24) is 10.2 Å². The van der Waals surface area contributed by atoms with Gasteiger partial charge in [-0.3, -0.25) is 14.7 Å². The third-order valence-corrected chi connectivity index (χ3v) is 4.70. The number of hydrogen-bond acceptors (Lipinski definition) is 4. The summed E-state index contributed by atoms with van der Waals surface area (Å²) in [6, 6.07) is 12.4. The molecule has 3 aromatic rings. The molecule has 1 aromatic heterocycles. The number of methoxy groups -OCH3 is 1. The summed E-state index contributed by atoms with van der Waals surface area (Å²) in [5, 5.41) is 9.28. The van der Waals surface area contributed by atoms with Gasteiger partial charge < -0.3 is 10.1 Å². The number of rotatable bonds is 7. The number of halogens is 2. The Morgan fingerprint density at radius 2 is 1.87 bits per heavy atom. The van der Waals surface area contributed by atoms with E-state index in [2.05, 4.69) is 15.5 Å². The average molecular weight is 413 g/mol. The number of nitrogens with zero attached hydrogens (tertiary/aromatic N) is 1. The van der Waals surface area contributed by atoms with Crippen molar-refractivity contribution in [3.63, 3.8) is 0 Å². The first-order valence-electron chi connectivity index (χ1n) is 9.30. The van der Waals surface area contributed by atoms with E-state index in [4.69, 9.17) is 4.74 Å². The van der Waals surface area contributed by atoms with Crippen LogP contribution in [0.25, 0.3) is 11.3 Å². The number of nitrogens with one attached hydrogen (secondary N) is 2. The number of hydrogen-bond donors (Lipinski definition) is 2. The van der Waals surface area contributed by atoms with Crippen molar-refractivity contribution < 1.29 is 23.1 Å². The molecule has 0 unspecified atom stereocenters. The molecule has 0 bridgehead atoms. The van der Waals surface area contributed by atoms with Crippen molar-refractivity contribution in [2.75, 3.05) is 12.4 Å². The second-order valence-corrected chi connectivity index (χ2v) is 6.70. The number of aromatic nitrogens is 2. The standard InChI is InChI=1S/C22H21F2N3O3/c1-4-22(23,24)15-6-5-7-16(12-15)25-21(29)20-18(13(2)28)19(26-27-20)14-8-10-17(30-3)11-9-14/h5-12H,4H2,1-3H3,(H,25,29)(H,26,27). The normalized spacial score (nSPS) is 11.2. The van der Waals surface area contributed by atoms with Crippen LogP contribution in [0.2, 0.25) is 0 Å². The molecular weight excluding hydrogens is 392 g/mol. The molecule has 30 heavy (non-hydrogen) atoms. The molecule has 0 spiro atoms. The highest BCUT2D eigenvalue weighted by Crippen LogP contribution is 2.33. The molecule has 0 aliphatic heterocycles. The van der Waals surface area contributed by atoms with Crippen LogP contribution in [0, 0.1) is 0 Å². The van der Waals surface area contributed by atoms with E-state index >= 15 is 0 Å². The number of ketones is 1. The summed E-state index contributed by atoms with van der Waals surface area (Å²) in [5.74, 6) is -3.39. The van der Waals surface area contributed by atoms with E-state index in [9.17, 15) is 18.4 Å². The number of Topliss-reactive ketones (excluding diaryl/α,β-unsaturated/α-hetero) is 1. The van der Waals surface area contributed by atoms with Gasteiger partial charge in [0.05, 0.1) is 18.4 Å². The predicted molar refractivity (Wildman–Crippen MR) is 109 cm³/mol. The Kier molecular flexibility index (Phi) is 5.96. The highest BCUT2D eigenvalue weighted by Gasteiger charge is 2.29. The summed E-state index contributed by atoms with van der Waals surface area (Å²) in [4.78, 5) is 25.0. The first-order chi connectivity index (χ1) is 14.3. The molecule has 0 atom stereocenters. The molecule has 0 aliphatic carbocycles. The van der Waals surface area contributed by atoms with Crippen LogP contribution < -0.4 is 10.1 Å². The number of carbonyl (C=O) groups excluding carboxylic acids is 2. The highest BCUT2D eigenvalue weighted by molar-refractivity contribution is 6.13. The molecule has 0 aliphatic rings. The Bertz CT molecular complexity index is 1080. The number of alkyl halides is 2. The molecular formula is C22H21F2N3O3. The minimum absolute atomic E-state index is 0.110. The maximum atomic E-state index is 14.0. The van der Waals surface area contributed by atoms with Crippen LogP contribution in [0.4, 0.5) is 14.5 Å². The lowest BCUT2D eigenvalue weighted by molar-refractivity contribution is -0.00825. The molecule has 2 aromatic carbocycles. The Balaban J connectivity index is 1.92. The Hall–Kier alpha value is -3.55. The van der Waals surface area contributed by atoms with Crippen molar-refractivity contribution in [1.29, 1.82) is 0 Å². The van der Waals surface area contributed by atoms with Gasteiger partial charge in [0.1, 0.15) is 5.75 Å². The first kappa shape index (κ1) is 21.2. The van der Waals surface area contributed by atoms with Crippen LogP contribution in [0.1, 0.15) is 46.7 Å². The molecule has 1 heterocycles. The second-order valence-electron chi connectivity index (χ2n) is 6.70. The van der Waals surface area contributed by atoms with Crippen LogP contribution >= 0.6 is 0 Å². The topological polar surface area (TPSA) is 84.1 Å². The number of H-pyrrole nitrogens is 1. The Labute approximate surface area is 172 Å². The summed E-state index contributed by atoms with van der Waals surface area (Å²) in [7, 11) is 1.54. The van der Waals surface area contributed by atoms with E-state index in [1.807, 2.05) is 0 Å². The first-order valence-corrected chi connectivity index (χ1v) is 9.30. The van der Waals surface area contributed by atoms with Crippen molar-refractivity contribution in [2.45, 2.75) is 26.2 Å². The van der Waals surface area contributed by atoms with Crippen LogP contribution in [0.15, 0.2) is 48.5 Å². The van der Waals surface area contributed by atoms with E-state index in [0.29, 0.717) is 17.0 Å². The third kappa shape index (κ3) is 4.22. The minimum atomic E-state index is -3.00. The number of amides is 1. The zero-order chi connectivity index (χ0) is 21.9. The molecule has 6 nitrogen and oxygen atoms in total. The van der Waals surface area contributed by atoms with Crippen molar-refractivity contribution in [3.8, 4) is 17.0 Å². The highest BCUT2D eigenvalue weighted by atomic mass is 19.3. The van der Waals surface area contributed by atoms with E-state index < -0.39 is 11.8 Å². The zero-order valence-electron chi connectivity index (χ0n) is 16.8. The van der Waals surface area contributed by atoms with E-state index in [0.717, 1.165) is 0 Å². The summed E-state index contributed by atoms with van der Waals surface area (Å²) >= 11 is 0. The fourth-order valence-corrected chi connectivity index (χ4v) is 3.03. The zero-order valence-corrected chi connectivity index (χ0v) is 16.8. The van der Waals surface area contributed by atoms with E-state index in [1.54, 1.807) is 31.4 Å². The summed E-state index contributed by atoms with van der Waals surface area (Å²) < 4.78 is 33.0. The van der Waals surface area contributed by atoms with Crippen LogP contribution in [0.5, 0.6) is 5.75 Å². The quantitative estimate of drug-likeness (QED) is 0.532. The number of carbonyl (C=O) groups is 2. The van der Waals surface area contributed by atoms with Gasteiger partial charge in [-0.25, -0.2) is 8.78 Å². The van der Waals surface area contributed by atoms with Crippen LogP contribution in [-0.4, -0.2) is 29.0 Å². The molecule has 0 saturated carbocycles. The Morgan fingerprint density at radius 1 is 1.17 bits per heavy atom. The molecule has 0 fully saturated rings. The fraction of sp³-hybridized carbons (Fsp3) is 0.227. The summed E-state index contributed by atoms with van der Waals surface area (Å²) in [6.45, 7) is 2.71. The maximum Gasteiger partial charge on any atom is 0.276 e. The molecule has 0 radical (unpaired) electrons. The average Bonchev–Trinajstić information content (AvgIpc) is 3.19. The SMILES string of the molecule is CCC(F)(F)c1cccc(NC(=O)c2n[nH]c(-c3ccc(OC)cc3)c2C(C)=O)c1. The van der Waals surface area contributed by atoms with Gasteiger partial charge in [0, 0.05) is 23.2 Å². The number of anilines is 1. The van der Waals surface area contributed by atoms with Gasteiger partial charge in [-0.2, -0.15) is 5.10 Å².